The molecular weight excluding hydrogens is 343 g/mol. The van der Waals surface area contributed by atoms with E-state index in [1.54, 1.807) is 36.1 Å². The molecule has 1 amide bonds. The molecule has 1 aliphatic rings. The number of nitrogens with zero attached hydrogens (tertiary/aromatic N) is 2. The molecule has 0 aromatic heterocycles. The first kappa shape index (κ1) is 17.5. The number of piperazine rings is 1. The topological polar surface area (TPSA) is 32.8 Å². The minimum Gasteiger partial charge on any atom is -0.479 e. The van der Waals surface area contributed by atoms with Crippen LogP contribution in [0.1, 0.15) is 6.92 Å². The second-order valence-corrected chi connectivity index (χ2v) is 6.39. The Labute approximate surface area is 151 Å². The van der Waals surface area contributed by atoms with E-state index >= 15 is 0 Å². The molecule has 1 aliphatic heterocycles. The highest BCUT2D eigenvalue weighted by atomic mass is 35.5. The molecule has 0 unspecified atom stereocenters. The van der Waals surface area contributed by atoms with Gasteiger partial charge in [-0.1, -0.05) is 23.7 Å². The van der Waals surface area contributed by atoms with Crippen LogP contribution < -0.4 is 9.64 Å². The van der Waals surface area contributed by atoms with E-state index in [-0.39, 0.29) is 11.7 Å². The summed E-state index contributed by atoms with van der Waals surface area (Å²) < 4.78 is 18.7. The fraction of sp³-hybridized carbons (Fsp3) is 0.316. The molecule has 3 rings (SSSR count). The smallest absolute Gasteiger partial charge is 0.263 e. The molecule has 0 bridgehead atoms. The summed E-state index contributed by atoms with van der Waals surface area (Å²) in [6.07, 6.45) is -0.600. The maximum Gasteiger partial charge on any atom is 0.263 e. The van der Waals surface area contributed by atoms with Crippen LogP contribution in [0.15, 0.2) is 48.5 Å². The molecule has 0 saturated carbocycles. The molecule has 1 heterocycles. The van der Waals surface area contributed by atoms with Gasteiger partial charge < -0.3 is 14.5 Å². The molecule has 4 nitrogen and oxygen atoms in total. The van der Waals surface area contributed by atoms with Crippen molar-refractivity contribution < 1.29 is 13.9 Å². The van der Waals surface area contributed by atoms with Gasteiger partial charge in [-0.25, -0.2) is 4.39 Å². The first-order chi connectivity index (χ1) is 12.0. The van der Waals surface area contributed by atoms with Crippen LogP contribution in [0.25, 0.3) is 0 Å². The summed E-state index contributed by atoms with van der Waals surface area (Å²) in [5.74, 6) is 0.205. The van der Waals surface area contributed by atoms with Crippen LogP contribution in [0.4, 0.5) is 10.1 Å². The predicted molar refractivity (Wildman–Crippen MR) is 96.7 cm³/mol. The van der Waals surface area contributed by atoms with Gasteiger partial charge in [0.05, 0.1) is 5.02 Å². The van der Waals surface area contributed by atoms with Gasteiger partial charge in [-0.2, -0.15) is 0 Å². The van der Waals surface area contributed by atoms with Gasteiger partial charge in [0.15, 0.2) is 6.10 Å². The highest BCUT2D eigenvalue weighted by molar-refractivity contribution is 6.32. The molecular formula is C19H20ClFN2O2. The van der Waals surface area contributed by atoms with Crippen LogP contribution in [0.5, 0.6) is 5.75 Å². The van der Waals surface area contributed by atoms with E-state index in [0.29, 0.717) is 37.0 Å². The lowest BCUT2D eigenvalue weighted by Crippen LogP contribution is -2.52. The highest BCUT2D eigenvalue weighted by Crippen LogP contribution is 2.25. The average Bonchev–Trinajstić information content (AvgIpc) is 2.64. The summed E-state index contributed by atoms with van der Waals surface area (Å²) in [5.41, 5.74) is 0.967. The van der Waals surface area contributed by atoms with Crippen molar-refractivity contribution in [2.45, 2.75) is 13.0 Å². The van der Waals surface area contributed by atoms with Crippen molar-refractivity contribution >= 4 is 23.2 Å². The summed E-state index contributed by atoms with van der Waals surface area (Å²) in [5, 5.41) is 0.489. The minimum absolute atomic E-state index is 0.0568. The minimum atomic E-state index is -0.600. The number of ether oxygens (including phenoxy) is 1. The lowest BCUT2D eigenvalue weighted by molar-refractivity contribution is -0.138. The van der Waals surface area contributed by atoms with Crippen molar-refractivity contribution in [3.05, 3.63) is 59.4 Å². The molecule has 0 N–H and O–H groups in total. The molecule has 0 aliphatic carbocycles. The van der Waals surface area contributed by atoms with Gasteiger partial charge in [-0.3, -0.25) is 4.79 Å². The SMILES string of the molecule is C[C@H](Oc1ccccc1Cl)C(=O)N1CCN(c2ccc(F)cc2)CC1. The van der Waals surface area contributed by atoms with Gasteiger partial charge in [0.1, 0.15) is 11.6 Å². The molecule has 2 aromatic rings. The third-order valence-electron chi connectivity index (χ3n) is 4.27. The molecule has 0 radical (unpaired) electrons. The van der Waals surface area contributed by atoms with Crippen molar-refractivity contribution in [3.8, 4) is 5.75 Å². The van der Waals surface area contributed by atoms with Crippen molar-refractivity contribution in [1.29, 1.82) is 0 Å². The largest absolute Gasteiger partial charge is 0.479 e. The lowest BCUT2D eigenvalue weighted by atomic mass is 10.2. The number of hydrogen-bond donors (Lipinski definition) is 0. The summed E-state index contributed by atoms with van der Waals surface area (Å²) in [6, 6.07) is 13.5. The molecule has 1 fully saturated rings. The summed E-state index contributed by atoms with van der Waals surface area (Å²) in [4.78, 5) is 16.5. The van der Waals surface area contributed by atoms with E-state index in [2.05, 4.69) is 4.90 Å². The van der Waals surface area contributed by atoms with E-state index in [4.69, 9.17) is 16.3 Å². The molecule has 0 spiro atoms. The van der Waals surface area contributed by atoms with E-state index in [1.807, 2.05) is 12.1 Å². The number of amides is 1. The van der Waals surface area contributed by atoms with E-state index < -0.39 is 6.10 Å². The standard InChI is InChI=1S/C19H20ClFN2O2/c1-14(25-18-5-3-2-4-17(18)20)19(24)23-12-10-22(11-13-23)16-8-6-15(21)7-9-16/h2-9,14H,10-13H2,1H3/t14-/m0/s1. The second kappa shape index (κ2) is 7.74. The number of carbonyl (C=O) groups is 1. The maximum atomic E-state index is 13.0. The Hall–Kier alpha value is -2.27. The number of anilines is 1. The Kier molecular flexibility index (Phi) is 5.43. The van der Waals surface area contributed by atoms with Crippen molar-refractivity contribution in [3.63, 3.8) is 0 Å². The number of rotatable bonds is 4. The number of hydrogen-bond acceptors (Lipinski definition) is 3. The Morgan fingerprint density at radius 3 is 2.36 bits per heavy atom. The number of halogens is 2. The zero-order chi connectivity index (χ0) is 17.8. The average molecular weight is 363 g/mol. The molecule has 1 saturated heterocycles. The van der Waals surface area contributed by atoms with Crippen LogP contribution in [0, 0.1) is 5.82 Å². The molecule has 1 atom stereocenters. The predicted octanol–water partition coefficient (Wildman–Crippen LogP) is 3.60. The first-order valence-corrected chi connectivity index (χ1v) is 8.63. The van der Waals surface area contributed by atoms with Crippen LogP contribution >= 0.6 is 11.6 Å². The fourth-order valence-corrected chi connectivity index (χ4v) is 3.06. The van der Waals surface area contributed by atoms with Crippen LogP contribution in [0.2, 0.25) is 5.02 Å². The third kappa shape index (κ3) is 4.23. The normalized spacial score (nSPS) is 15.8. The summed E-state index contributed by atoms with van der Waals surface area (Å²) in [6.45, 7) is 4.35. The quantitative estimate of drug-likeness (QED) is 0.833. The Balaban J connectivity index is 1.56. The van der Waals surface area contributed by atoms with Crippen LogP contribution in [-0.2, 0) is 4.79 Å². The zero-order valence-electron chi connectivity index (χ0n) is 14.0. The van der Waals surface area contributed by atoms with Crippen molar-refractivity contribution in [2.75, 3.05) is 31.1 Å². The summed E-state index contributed by atoms with van der Waals surface area (Å²) in [7, 11) is 0. The Morgan fingerprint density at radius 1 is 1.08 bits per heavy atom. The Morgan fingerprint density at radius 2 is 1.72 bits per heavy atom. The first-order valence-electron chi connectivity index (χ1n) is 8.25. The van der Waals surface area contributed by atoms with Gasteiger partial charge in [0, 0.05) is 31.9 Å². The van der Waals surface area contributed by atoms with Gasteiger partial charge in [-0.05, 0) is 43.3 Å². The van der Waals surface area contributed by atoms with Crippen molar-refractivity contribution in [1.82, 2.24) is 4.90 Å². The van der Waals surface area contributed by atoms with Gasteiger partial charge in [0.25, 0.3) is 5.91 Å². The molecule has 132 valence electrons. The van der Waals surface area contributed by atoms with E-state index in [9.17, 15) is 9.18 Å². The lowest BCUT2D eigenvalue weighted by Gasteiger charge is -2.37. The monoisotopic (exact) mass is 362 g/mol. The fourth-order valence-electron chi connectivity index (χ4n) is 2.88. The van der Waals surface area contributed by atoms with Gasteiger partial charge in [-0.15, -0.1) is 0 Å². The zero-order valence-corrected chi connectivity index (χ0v) is 14.7. The molecule has 6 heteroatoms. The Bertz CT molecular complexity index is 730. The van der Waals surface area contributed by atoms with E-state index in [1.165, 1.54) is 12.1 Å². The van der Waals surface area contributed by atoms with Gasteiger partial charge >= 0.3 is 0 Å². The van der Waals surface area contributed by atoms with Crippen LogP contribution in [0.3, 0.4) is 0 Å². The number of para-hydroxylation sites is 1. The molecule has 2 aromatic carbocycles. The highest BCUT2D eigenvalue weighted by Gasteiger charge is 2.26. The molecule has 25 heavy (non-hydrogen) atoms. The third-order valence-corrected chi connectivity index (χ3v) is 4.58. The second-order valence-electron chi connectivity index (χ2n) is 5.98. The number of benzene rings is 2. The van der Waals surface area contributed by atoms with Crippen molar-refractivity contribution in [2.24, 2.45) is 0 Å². The maximum absolute atomic E-state index is 13.0. The van der Waals surface area contributed by atoms with Gasteiger partial charge in [0.2, 0.25) is 0 Å². The van der Waals surface area contributed by atoms with E-state index in [0.717, 1.165) is 5.69 Å². The number of carbonyl (C=O) groups excluding carboxylic acids is 1. The summed E-state index contributed by atoms with van der Waals surface area (Å²) >= 11 is 6.07. The van der Waals surface area contributed by atoms with Crippen LogP contribution in [-0.4, -0.2) is 43.1 Å².